The molecular formula is C19H19ClN2O2. The fourth-order valence-corrected chi connectivity index (χ4v) is 3.38. The Kier molecular flexibility index (Phi) is 5.16. The number of para-hydroxylation sites is 1. The zero-order valence-electron chi connectivity index (χ0n) is 13.3. The van der Waals surface area contributed by atoms with Crippen molar-refractivity contribution in [3.8, 4) is 0 Å². The molecule has 2 aromatic rings. The summed E-state index contributed by atoms with van der Waals surface area (Å²) in [4.78, 5) is 13.1. The number of benzene rings is 2. The minimum atomic E-state index is -0.245. The van der Waals surface area contributed by atoms with Gasteiger partial charge in [0.05, 0.1) is 5.92 Å². The Labute approximate surface area is 146 Å². The molecule has 24 heavy (non-hydrogen) atoms. The third kappa shape index (κ3) is 3.95. The Morgan fingerprint density at radius 2 is 1.96 bits per heavy atom. The van der Waals surface area contributed by atoms with Crippen molar-refractivity contribution in [3.05, 3.63) is 87.1 Å². The number of hydrogen-bond acceptors (Lipinski definition) is 3. The maximum Gasteiger partial charge on any atom is 0.214 e. The lowest BCUT2D eigenvalue weighted by Crippen LogP contribution is -2.26. The van der Waals surface area contributed by atoms with E-state index in [-0.39, 0.29) is 17.4 Å². The highest BCUT2D eigenvalue weighted by atomic mass is 35.5. The molecule has 1 aliphatic rings. The van der Waals surface area contributed by atoms with Gasteiger partial charge < -0.3 is 4.90 Å². The molecule has 0 saturated carbocycles. The summed E-state index contributed by atoms with van der Waals surface area (Å²) >= 11 is 6.09. The largest absolute Gasteiger partial charge is 0.348 e. The average Bonchev–Trinajstić information content (AvgIpc) is 2.60. The molecule has 4 nitrogen and oxygen atoms in total. The van der Waals surface area contributed by atoms with E-state index in [2.05, 4.69) is 23.2 Å². The van der Waals surface area contributed by atoms with Gasteiger partial charge in [0.25, 0.3) is 0 Å². The van der Waals surface area contributed by atoms with Crippen LogP contribution in [0.15, 0.2) is 66.4 Å². The molecular weight excluding hydrogens is 324 g/mol. The molecule has 124 valence electrons. The van der Waals surface area contributed by atoms with Crippen LogP contribution in [-0.2, 0) is 0 Å². The minimum Gasteiger partial charge on any atom is -0.348 e. The van der Waals surface area contributed by atoms with Gasteiger partial charge in [-0.2, -0.15) is 0 Å². The molecule has 0 radical (unpaired) electrons. The van der Waals surface area contributed by atoms with Crippen LogP contribution in [0, 0.1) is 10.1 Å². The van der Waals surface area contributed by atoms with Crippen LogP contribution in [0.2, 0.25) is 5.02 Å². The van der Waals surface area contributed by atoms with Crippen LogP contribution in [-0.4, -0.2) is 18.0 Å². The van der Waals surface area contributed by atoms with Gasteiger partial charge in [-0.05, 0) is 48.2 Å². The summed E-state index contributed by atoms with van der Waals surface area (Å²) in [5, 5.41) is 11.8. The highest BCUT2D eigenvalue weighted by Crippen LogP contribution is 2.33. The van der Waals surface area contributed by atoms with Crippen LogP contribution in [0.1, 0.15) is 24.3 Å². The summed E-state index contributed by atoms with van der Waals surface area (Å²) in [5.41, 5.74) is 3.10. The normalized spacial score (nSPS) is 15.7. The van der Waals surface area contributed by atoms with E-state index >= 15 is 0 Å². The molecule has 1 atom stereocenters. The maximum absolute atomic E-state index is 11.2. The van der Waals surface area contributed by atoms with Gasteiger partial charge in [-0.3, -0.25) is 10.1 Å². The van der Waals surface area contributed by atoms with E-state index < -0.39 is 0 Å². The van der Waals surface area contributed by atoms with Gasteiger partial charge in [0.1, 0.15) is 0 Å². The molecule has 0 spiro atoms. The van der Waals surface area contributed by atoms with Gasteiger partial charge in [0.15, 0.2) is 0 Å². The van der Waals surface area contributed by atoms with Crippen molar-refractivity contribution >= 4 is 17.3 Å². The molecule has 0 amide bonds. The summed E-state index contributed by atoms with van der Waals surface area (Å²) in [6.07, 6.45) is 3.93. The summed E-state index contributed by atoms with van der Waals surface area (Å²) < 4.78 is 0. The fourth-order valence-electron chi connectivity index (χ4n) is 3.18. The number of anilines is 1. The van der Waals surface area contributed by atoms with E-state index in [0.29, 0.717) is 5.02 Å². The summed E-state index contributed by atoms with van der Waals surface area (Å²) in [5.74, 6) is -0.245. The molecule has 1 heterocycles. The molecule has 2 aromatic carbocycles. The molecule has 0 aromatic heterocycles. The first-order valence-corrected chi connectivity index (χ1v) is 8.41. The SMILES string of the molecule is O=[N+]([O-])CC(C1=CN(c2ccccc2)CCC1)c1cccc(Cl)c1. The summed E-state index contributed by atoms with van der Waals surface area (Å²) in [6, 6.07) is 17.5. The number of hydrogen-bond donors (Lipinski definition) is 0. The van der Waals surface area contributed by atoms with Crippen molar-refractivity contribution in [1.29, 1.82) is 0 Å². The smallest absolute Gasteiger partial charge is 0.214 e. The van der Waals surface area contributed by atoms with E-state index in [1.807, 2.05) is 36.4 Å². The van der Waals surface area contributed by atoms with Gasteiger partial charge in [0, 0.05) is 28.4 Å². The molecule has 5 heteroatoms. The van der Waals surface area contributed by atoms with E-state index in [0.717, 1.165) is 36.2 Å². The van der Waals surface area contributed by atoms with E-state index in [4.69, 9.17) is 11.6 Å². The zero-order chi connectivity index (χ0) is 16.9. The third-order valence-corrected chi connectivity index (χ3v) is 4.54. The molecule has 0 fully saturated rings. The van der Waals surface area contributed by atoms with E-state index in [9.17, 15) is 10.1 Å². The highest BCUT2D eigenvalue weighted by molar-refractivity contribution is 6.30. The number of rotatable bonds is 5. The Hall–Kier alpha value is -2.33. The lowest BCUT2D eigenvalue weighted by molar-refractivity contribution is -0.482. The predicted molar refractivity (Wildman–Crippen MR) is 97.2 cm³/mol. The number of halogens is 1. The number of nitro groups is 1. The Morgan fingerprint density at radius 1 is 1.17 bits per heavy atom. The molecule has 0 saturated heterocycles. The number of nitrogens with zero attached hydrogens (tertiary/aromatic N) is 2. The van der Waals surface area contributed by atoms with Crippen LogP contribution >= 0.6 is 11.6 Å². The van der Waals surface area contributed by atoms with Gasteiger partial charge in [-0.15, -0.1) is 0 Å². The first-order chi connectivity index (χ1) is 11.6. The van der Waals surface area contributed by atoms with Gasteiger partial charge in [-0.25, -0.2) is 0 Å². The van der Waals surface area contributed by atoms with Gasteiger partial charge in [0.2, 0.25) is 6.54 Å². The van der Waals surface area contributed by atoms with Crippen LogP contribution in [0.5, 0.6) is 0 Å². The monoisotopic (exact) mass is 342 g/mol. The first-order valence-electron chi connectivity index (χ1n) is 8.03. The quantitative estimate of drug-likeness (QED) is 0.574. The Morgan fingerprint density at radius 3 is 2.67 bits per heavy atom. The van der Waals surface area contributed by atoms with Crippen molar-refractivity contribution in [3.63, 3.8) is 0 Å². The molecule has 0 bridgehead atoms. The van der Waals surface area contributed by atoms with Crippen LogP contribution in [0.4, 0.5) is 5.69 Å². The highest BCUT2D eigenvalue weighted by Gasteiger charge is 2.25. The first kappa shape index (κ1) is 16.5. The van der Waals surface area contributed by atoms with Crippen LogP contribution in [0.3, 0.4) is 0 Å². The van der Waals surface area contributed by atoms with Crippen molar-refractivity contribution < 1.29 is 4.92 Å². The van der Waals surface area contributed by atoms with Gasteiger partial charge in [-0.1, -0.05) is 41.9 Å². The Balaban J connectivity index is 1.94. The minimum absolute atomic E-state index is 0.116. The zero-order valence-corrected chi connectivity index (χ0v) is 14.0. The lowest BCUT2D eigenvalue weighted by Gasteiger charge is -2.29. The lowest BCUT2D eigenvalue weighted by atomic mass is 9.87. The summed E-state index contributed by atoms with van der Waals surface area (Å²) in [6.45, 7) is 0.809. The Bertz CT molecular complexity index is 746. The van der Waals surface area contributed by atoms with Gasteiger partial charge >= 0.3 is 0 Å². The molecule has 1 aliphatic heterocycles. The van der Waals surface area contributed by atoms with Crippen LogP contribution in [0.25, 0.3) is 0 Å². The second kappa shape index (κ2) is 7.49. The van der Waals surface area contributed by atoms with Crippen molar-refractivity contribution in [1.82, 2.24) is 0 Å². The van der Waals surface area contributed by atoms with Crippen molar-refractivity contribution in [2.75, 3.05) is 18.0 Å². The van der Waals surface area contributed by atoms with Crippen molar-refractivity contribution in [2.24, 2.45) is 0 Å². The molecule has 0 N–H and O–H groups in total. The second-order valence-electron chi connectivity index (χ2n) is 5.96. The third-order valence-electron chi connectivity index (χ3n) is 4.30. The topological polar surface area (TPSA) is 46.4 Å². The maximum atomic E-state index is 11.2. The molecule has 3 rings (SSSR count). The van der Waals surface area contributed by atoms with E-state index in [1.54, 1.807) is 6.07 Å². The van der Waals surface area contributed by atoms with Crippen LogP contribution < -0.4 is 4.90 Å². The second-order valence-corrected chi connectivity index (χ2v) is 6.40. The fraction of sp³-hybridized carbons (Fsp3) is 0.263. The standard InChI is InChI=1S/C19H19ClN2O2/c20-17-8-4-6-15(12-17)19(14-22(23)24)16-7-5-11-21(13-16)18-9-2-1-3-10-18/h1-4,6,8-10,12-13,19H,5,7,11,14H2. The summed E-state index contributed by atoms with van der Waals surface area (Å²) in [7, 11) is 0. The van der Waals surface area contributed by atoms with E-state index in [1.165, 1.54) is 0 Å². The molecule has 0 aliphatic carbocycles. The predicted octanol–water partition coefficient (Wildman–Crippen LogP) is 4.88. The average molecular weight is 343 g/mol. The molecule has 1 unspecified atom stereocenters. The van der Waals surface area contributed by atoms with Crippen molar-refractivity contribution in [2.45, 2.75) is 18.8 Å².